The van der Waals surface area contributed by atoms with Crippen molar-refractivity contribution in [1.82, 2.24) is 10.6 Å². The number of aliphatic hydroxyl groups is 1. The summed E-state index contributed by atoms with van der Waals surface area (Å²) in [5.41, 5.74) is 1.98. The normalized spacial score (nSPS) is 27.2. The van der Waals surface area contributed by atoms with Crippen LogP contribution in [0.4, 0.5) is 4.79 Å². The zero-order valence-electron chi connectivity index (χ0n) is 12.7. The molecule has 2 amide bonds. The maximum Gasteiger partial charge on any atom is 0.315 e. The zero-order valence-corrected chi connectivity index (χ0v) is 12.7. The largest absolute Gasteiger partial charge is 0.508 e. The Balaban J connectivity index is 1.53. The van der Waals surface area contributed by atoms with E-state index in [1.165, 1.54) is 0 Å². The number of urea groups is 1. The number of phenolic OH excluding ortho intramolecular Hbond substituents is 1. The van der Waals surface area contributed by atoms with Crippen molar-refractivity contribution in [1.29, 1.82) is 0 Å². The Morgan fingerprint density at radius 2 is 1.91 bits per heavy atom. The van der Waals surface area contributed by atoms with Crippen molar-refractivity contribution in [3.63, 3.8) is 0 Å². The fraction of sp³-hybridized carbons (Fsp3) is 0.588. The number of rotatable bonds is 3. The smallest absolute Gasteiger partial charge is 0.315 e. The topological polar surface area (TPSA) is 81.6 Å². The lowest BCUT2D eigenvalue weighted by atomic mass is 9.87. The van der Waals surface area contributed by atoms with Crippen molar-refractivity contribution in [3.8, 4) is 5.75 Å². The third kappa shape index (κ3) is 3.19. The summed E-state index contributed by atoms with van der Waals surface area (Å²) in [5.74, 6) is 0.718. The average molecular weight is 304 g/mol. The predicted octanol–water partition coefficient (Wildman–Crippen LogP) is 2.23. The number of aliphatic hydroxyl groups excluding tert-OH is 1. The second-order valence-corrected chi connectivity index (χ2v) is 6.45. The van der Waals surface area contributed by atoms with Gasteiger partial charge in [0.1, 0.15) is 5.75 Å². The summed E-state index contributed by atoms with van der Waals surface area (Å²) in [5, 5.41) is 25.1. The molecule has 0 heterocycles. The van der Waals surface area contributed by atoms with E-state index in [1.807, 2.05) is 12.1 Å². The van der Waals surface area contributed by atoms with Crippen molar-refractivity contribution in [2.45, 2.75) is 50.6 Å². The first-order chi connectivity index (χ1) is 10.7. The Kier molecular flexibility index (Phi) is 4.52. The molecule has 120 valence electrons. The molecule has 2 aliphatic carbocycles. The van der Waals surface area contributed by atoms with E-state index in [9.17, 15) is 9.90 Å². The first-order valence-electron chi connectivity index (χ1n) is 8.16. The van der Waals surface area contributed by atoms with Crippen LogP contribution in [-0.4, -0.2) is 28.9 Å². The molecule has 1 aromatic carbocycles. The van der Waals surface area contributed by atoms with Crippen LogP contribution in [0.15, 0.2) is 18.2 Å². The SMILES string of the molecule is O=C(NC1CCC(CO)CC1)NC1CCc2c(O)cccc21. The van der Waals surface area contributed by atoms with E-state index in [0.717, 1.165) is 49.7 Å². The van der Waals surface area contributed by atoms with Gasteiger partial charge < -0.3 is 20.8 Å². The number of hydrogen-bond acceptors (Lipinski definition) is 3. The number of carbonyl (C=O) groups excluding carboxylic acids is 1. The minimum atomic E-state index is -0.131. The standard InChI is InChI=1S/C17H24N2O3/c20-10-11-4-6-12(7-5-11)18-17(22)19-15-9-8-14-13(15)2-1-3-16(14)21/h1-3,11-12,15,20-21H,4-10H2,(H2,18,19,22). The Labute approximate surface area is 130 Å². The van der Waals surface area contributed by atoms with Gasteiger partial charge in [-0.3, -0.25) is 0 Å². The monoisotopic (exact) mass is 304 g/mol. The first kappa shape index (κ1) is 15.2. The molecule has 1 saturated carbocycles. The van der Waals surface area contributed by atoms with E-state index in [2.05, 4.69) is 10.6 Å². The van der Waals surface area contributed by atoms with E-state index in [0.29, 0.717) is 11.7 Å². The van der Waals surface area contributed by atoms with E-state index >= 15 is 0 Å². The Morgan fingerprint density at radius 3 is 2.64 bits per heavy atom. The first-order valence-corrected chi connectivity index (χ1v) is 8.16. The summed E-state index contributed by atoms with van der Waals surface area (Å²) in [7, 11) is 0. The van der Waals surface area contributed by atoms with Gasteiger partial charge in [-0.2, -0.15) is 0 Å². The van der Waals surface area contributed by atoms with Crippen LogP contribution in [0.25, 0.3) is 0 Å². The number of aromatic hydroxyl groups is 1. The maximum absolute atomic E-state index is 12.2. The quantitative estimate of drug-likeness (QED) is 0.691. The van der Waals surface area contributed by atoms with E-state index in [4.69, 9.17) is 5.11 Å². The van der Waals surface area contributed by atoms with Crippen LogP contribution in [0.2, 0.25) is 0 Å². The van der Waals surface area contributed by atoms with Crippen LogP contribution in [0.5, 0.6) is 5.75 Å². The van der Waals surface area contributed by atoms with Gasteiger partial charge in [-0.1, -0.05) is 12.1 Å². The summed E-state index contributed by atoms with van der Waals surface area (Å²) in [4.78, 5) is 12.2. The number of benzene rings is 1. The second-order valence-electron chi connectivity index (χ2n) is 6.45. The fourth-order valence-electron chi connectivity index (χ4n) is 3.66. The number of carbonyl (C=O) groups is 1. The third-order valence-electron chi connectivity index (χ3n) is 4.99. The minimum absolute atomic E-state index is 0.0177. The number of nitrogens with one attached hydrogen (secondary N) is 2. The highest BCUT2D eigenvalue weighted by Crippen LogP contribution is 2.36. The van der Waals surface area contributed by atoms with Crippen molar-refractivity contribution >= 4 is 6.03 Å². The molecule has 1 fully saturated rings. The van der Waals surface area contributed by atoms with E-state index in [1.54, 1.807) is 6.07 Å². The van der Waals surface area contributed by atoms with Crippen molar-refractivity contribution in [2.75, 3.05) is 6.61 Å². The molecular weight excluding hydrogens is 280 g/mol. The van der Waals surface area contributed by atoms with Crippen molar-refractivity contribution in [3.05, 3.63) is 29.3 Å². The molecule has 5 heteroatoms. The maximum atomic E-state index is 12.2. The highest BCUT2D eigenvalue weighted by atomic mass is 16.3. The van der Waals surface area contributed by atoms with Crippen LogP contribution in [0.1, 0.15) is 49.3 Å². The molecular formula is C17H24N2O3. The number of phenols is 1. The van der Waals surface area contributed by atoms with Crippen LogP contribution in [0.3, 0.4) is 0 Å². The molecule has 4 N–H and O–H groups in total. The fourth-order valence-corrected chi connectivity index (χ4v) is 3.66. The third-order valence-corrected chi connectivity index (χ3v) is 4.99. The highest BCUT2D eigenvalue weighted by Gasteiger charge is 2.27. The molecule has 0 spiro atoms. The van der Waals surface area contributed by atoms with Gasteiger partial charge in [-0.25, -0.2) is 4.79 Å². The zero-order chi connectivity index (χ0) is 15.5. The average Bonchev–Trinajstić information content (AvgIpc) is 2.92. The lowest BCUT2D eigenvalue weighted by Gasteiger charge is -2.28. The van der Waals surface area contributed by atoms with E-state index < -0.39 is 0 Å². The Morgan fingerprint density at radius 1 is 1.14 bits per heavy atom. The minimum Gasteiger partial charge on any atom is -0.508 e. The number of hydrogen-bond donors (Lipinski definition) is 4. The van der Waals surface area contributed by atoms with Gasteiger partial charge in [0.05, 0.1) is 6.04 Å². The molecule has 0 saturated heterocycles. The van der Waals surface area contributed by atoms with Crippen LogP contribution in [-0.2, 0) is 6.42 Å². The molecule has 1 aromatic rings. The van der Waals surface area contributed by atoms with Gasteiger partial charge in [-0.05, 0) is 61.6 Å². The molecule has 0 aliphatic heterocycles. The summed E-state index contributed by atoms with van der Waals surface area (Å²) >= 11 is 0. The number of fused-ring (bicyclic) bond motifs is 1. The van der Waals surface area contributed by atoms with Gasteiger partial charge >= 0.3 is 6.03 Å². The van der Waals surface area contributed by atoms with Crippen molar-refractivity contribution < 1.29 is 15.0 Å². The van der Waals surface area contributed by atoms with Crippen LogP contribution >= 0.6 is 0 Å². The molecule has 22 heavy (non-hydrogen) atoms. The predicted molar refractivity (Wildman–Crippen MR) is 83.7 cm³/mol. The molecule has 0 aromatic heterocycles. The molecule has 0 bridgehead atoms. The van der Waals surface area contributed by atoms with Gasteiger partial charge in [0.25, 0.3) is 0 Å². The summed E-state index contributed by atoms with van der Waals surface area (Å²) in [6.07, 6.45) is 5.44. The second kappa shape index (κ2) is 6.57. The van der Waals surface area contributed by atoms with Crippen LogP contribution < -0.4 is 10.6 Å². The lowest BCUT2D eigenvalue weighted by Crippen LogP contribution is -2.44. The van der Waals surface area contributed by atoms with Gasteiger partial charge in [0.15, 0.2) is 0 Å². The Bertz CT molecular complexity index is 539. The van der Waals surface area contributed by atoms with E-state index in [-0.39, 0.29) is 24.7 Å². The molecule has 1 atom stereocenters. The van der Waals surface area contributed by atoms with Gasteiger partial charge in [-0.15, -0.1) is 0 Å². The lowest BCUT2D eigenvalue weighted by molar-refractivity contribution is 0.174. The Hall–Kier alpha value is -1.75. The molecule has 0 radical (unpaired) electrons. The number of amides is 2. The summed E-state index contributed by atoms with van der Waals surface area (Å²) in [6, 6.07) is 5.54. The molecule has 1 unspecified atom stereocenters. The molecule has 3 rings (SSSR count). The highest BCUT2D eigenvalue weighted by molar-refractivity contribution is 5.75. The van der Waals surface area contributed by atoms with Gasteiger partial charge in [0.2, 0.25) is 0 Å². The molecule has 5 nitrogen and oxygen atoms in total. The summed E-state index contributed by atoms with van der Waals surface area (Å²) in [6.45, 7) is 0.251. The van der Waals surface area contributed by atoms with Crippen molar-refractivity contribution in [2.24, 2.45) is 5.92 Å². The van der Waals surface area contributed by atoms with Crippen LogP contribution in [0, 0.1) is 5.92 Å². The summed E-state index contributed by atoms with van der Waals surface area (Å²) < 4.78 is 0. The van der Waals surface area contributed by atoms with Gasteiger partial charge in [0, 0.05) is 12.6 Å². The molecule has 2 aliphatic rings.